The molecule has 0 spiro atoms. The molecule has 0 aliphatic carbocycles. The first kappa shape index (κ1) is 15.6. The number of rotatable bonds is 2. The third-order valence-electron chi connectivity index (χ3n) is 3.36. The molecule has 1 aliphatic rings. The second kappa shape index (κ2) is 5.92. The number of nitrogens with zero attached hydrogens (tertiary/aromatic N) is 1. The van der Waals surface area contributed by atoms with Crippen LogP contribution in [0.4, 0.5) is 0 Å². The fourth-order valence-corrected chi connectivity index (χ4v) is 2.88. The van der Waals surface area contributed by atoms with E-state index in [1.807, 2.05) is 32.9 Å². The number of halogens is 2. The third-order valence-corrected chi connectivity index (χ3v) is 4.21. The molecule has 1 heterocycles. The zero-order valence-electron chi connectivity index (χ0n) is 12.0. The van der Waals surface area contributed by atoms with E-state index in [1.54, 1.807) is 11.0 Å². The molecule has 0 radical (unpaired) electrons. The van der Waals surface area contributed by atoms with Gasteiger partial charge in [-0.2, -0.15) is 0 Å². The zero-order chi connectivity index (χ0) is 14.9. The normalized spacial score (nSPS) is 21.9. The topological polar surface area (TPSA) is 29.5 Å². The molecule has 1 aliphatic heterocycles. The summed E-state index contributed by atoms with van der Waals surface area (Å²) in [6, 6.07) is 5.50. The molecule has 2 rings (SSSR count). The van der Waals surface area contributed by atoms with Crippen molar-refractivity contribution in [1.82, 2.24) is 4.90 Å². The number of alkyl halides is 1. The van der Waals surface area contributed by atoms with E-state index in [2.05, 4.69) is 0 Å². The summed E-state index contributed by atoms with van der Waals surface area (Å²) in [6.45, 7) is 6.84. The summed E-state index contributed by atoms with van der Waals surface area (Å²) in [6.07, 6.45) is -0.145. The largest absolute Gasteiger partial charge is 0.367 e. The van der Waals surface area contributed by atoms with E-state index in [0.717, 1.165) is 5.56 Å². The second-order valence-electron chi connectivity index (χ2n) is 5.78. The van der Waals surface area contributed by atoms with E-state index in [1.165, 1.54) is 0 Å². The summed E-state index contributed by atoms with van der Waals surface area (Å²) >= 11 is 12.1. The molecule has 1 aromatic rings. The van der Waals surface area contributed by atoms with Crippen molar-refractivity contribution in [3.8, 4) is 0 Å². The first-order valence-corrected chi connectivity index (χ1v) is 7.53. The summed E-state index contributed by atoms with van der Waals surface area (Å²) in [5.41, 5.74) is 1.04. The number of benzene rings is 1. The maximum absolute atomic E-state index is 12.7. The van der Waals surface area contributed by atoms with Crippen LogP contribution in [0.3, 0.4) is 0 Å². The number of hydrogen-bond donors (Lipinski definition) is 0. The molecule has 5 heteroatoms. The van der Waals surface area contributed by atoms with Gasteiger partial charge in [-0.15, -0.1) is 11.6 Å². The highest BCUT2D eigenvalue weighted by Crippen LogP contribution is 2.26. The van der Waals surface area contributed by atoms with Gasteiger partial charge in [0, 0.05) is 13.1 Å². The standard InChI is InChI=1S/C15H19Cl2NO2/c1-10-5-4-6-12(13(10)17)14(19)18-8-11(7-16)20-15(2,3)9-18/h4-6,11H,7-9H2,1-3H3. The van der Waals surface area contributed by atoms with Gasteiger partial charge in [0.1, 0.15) is 0 Å². The van der Waals surface area contributed by atoms with Crippen molar-refractivity contribution in [2.75, 3.05) is 19.0 Å². The van der Waals surface area contributed by atoms with Crippen LogP contribution in [-0.2, 0) is 4.74 Å². The summed E-state index contributed by atoms with van der Waals surface area (Å²) in [5.74, 6) is 0.305. The average Bonchev–Trinajstić information content (AvgIpc) is 2.39. The van der Waals surface area contributed by atoms with E-state index in [4.69, 9.17) is 27.9 Å². The molecule has 20 heavy (non-hydrogen) atoms. The van der Waals surface area contributed by atoms with E-state index in [0.29, 0.717) is 29.6 Å². The summed E-state index contributed by atoms with van der Waals surface area (Å²) < 4.78 is 5.83. The van der Waals surface area contributed by atoms with Crippen molar-refractivity contribution in [2.45, 2.75) is 32.5 Å². The molecule has 0 saturated carbocycles. The van der Waals surface area contributed by atoms with Gasteiger partial charge >= 0.3 is 0 Å². The minimum Gasteiger partial charge on any atom is -0.367 e. The fraction of sp³-hybridized carbons (Fsp3) is 0.533. The molecule has 0 aromatic heterocycles. The Morgan fingerprint density at radius 2 is 2.20 bits per heavy atom. The minimum absolute atomic E-state index is 0.0646. The Bertz CT molecular complexity index is 517. The predicted octanol–water partition coefficient (Wildman–Crippen LogP) is 3.51. The Kier molecular flexibility index (Phi) is 4.62. The Labute approximate surface area is 129 Å². The van der Waals surface area contributed by atoms with Gasteiger partial charge < -0.3 is 9.64 Å². The number of ether oxygens (including phenoxy) is 1. The van der Waals surface area contributed by atoms with Crippen molar-refractivity contribution < 1.29 is 9.53 Å². The van der Waals surface area contributed by atoms with Gasteiger partial charge in [-0.1, -0.05) is 23.7 Å². The van der Waals surface area contributed by atoms with E-state index in [-0.39, 0.29) is 12.0 Å². The highest BCUT2D eigenvalue weighted by Gasteiger charge is 2.36. The molecule has 1 fully saturated rings. The Morgan fingerprint density at radius 1 is 1.50 bits per heavy atom. The molecule has 1 aromatic carbocycles. The van der Waals surface area contributed by atoms with Gasteiger partial charge in [0.15, 0.2) is 0 Å². The maximum atomic E-state index is 12.7. The summed E-state index contributed by atoms with van der Waals surface area (Å²) in [5, 5.41) is 0.518. The highest BCUT2D eigenvalue weighted by molar-refractivity contribution is 6.34. The van der Waals surface area contributed by atoms with E-state index < -0.39 is 5.60 Å². The van der Waals surface area contributed by atoms with Crippen LogP contribution in [0.25, 0.3) is 0 Å². The predicted molar refractivity (Wildman–Crippen MR) is 81.8 cm³/mol. The van der Waals surface area contributed by atoms with Crippen molar-refractivity contribution in [3.05, 3.63) is 34.3 Å². The van der Waals surface area contributed by atoms with Gasteiger partial charge in [0.05, 0.1) is 28.2 Å². The van der Waals surface area contributed by atoms with Crippen molar-refractivity contribution in [2.24, 2.45) is 0 Å². The van der Waals surface area contributed by atoms with Crippen LogP contribution in [-0.4, -0.2) is 41.5 Å². The van der Waals surface area contributed by atoms with Crippen LogP contribution < -0.4 is 0 Å². The van der Waals surface area contributed by atoms with Gasteiger partial charge in [0.25, 0.3) is 5.91 Å². The smallest absolute Gasteiger partial charge is 0.255 e. The first-order valence-electron chi connectivity index (χ1n) is 6.62. The number of aryl methyl sites for hydroxylation is 1. The molecule has 1 atom stereocenters. The average molecular weight is 316 g/mol. The van der Waals surface area contributed by atoms with Gasteiger partial charge in [-0.25, -0.2) is 0 Å². The van der Waals surface area contributed by atoms with Crippen LogP contribution in [0.5, 0.6) is 0 Å². The molecule has 1 unspecified atom stereocenters. The molecule has 0 N–H and O–H groups in total. The molecular formula is C15H19Cl2NO2. The summed E-state index contributed by atoms with van der Waals surface area (Å²) in [7, 11) is 0. The number of carbonyl (C=O) groups excluding carboxylic acids is 1. The van der Waals surface area contributed by atoms with Crippen LogP contribution in [0.1, 0.15) is 29.8 Å². The lowest BCUT2D eigenvalue weighted by Gasteiger charge is -2.42. The van der Waals surface area contributed by atoms with E-state index in [9.17, 15) is 4.79 Å². The van der Waals surface area contributed by atoms with E-state index >= 15 is 0 Å². The molecule has 0 bridgehead atoms. The lowest BCUT2D eigenvalue weighted by atomic mass is 10.0. The molecule has 1 amide bonds. The first-order chi connectivity index (χ1) is 9.34. The van der Waals surface area contributed by atoms with Crippen molar-refractivity contribution in [3.63, 3.8) is 0 Å². The Hall–Kier alpha value is -0.770. The Balaban J connectivity index is 2.26. The quantitative estimate of drug-likeness (QED) is 0.782. The van der Waals surface area contributed by atoms with Crippen LogP contribution >= 0.6 is 23.2 Å². The SMILES string of the molecule is Cc1cccc(C(=O)N2CC(CCl)OC(C)(C)C2)c1Cl. The molecule has 1 saturated heterocycles. The second-order valence-corrected chi connectivity index (χ2v) is 6.46. The molecule has 3 nitrogen and oxygen atoms in total. The lowest BCUT2D eigenvalue weighted by molar-refractivity contribution is -0.117. The number of carbonyl (C=O) groups is 1. The highest BCUT2D eigenvalue weighted by atomic mass is 35.5. The summed E-state index contributed by atoms with van der Waals surface area (Å²) in [4.78, 5) is 14.4. The molecular weight excluding hydrogens is 297 g/mol. The maximum Gasteiger partial charge on any atom is 0.255 e. The molecule has 110 valence electrons. The number of morpholine rings is 1. The Morgan fingerprint density at radius 3 is 2.85 bits per heavy atom. The monoisotopic (exact) mass is 315 g/mol. The van der Waals surface area contributed by atoms with Crippen LogP contribution in [0, 0.1) is 6.92 Å². The minimum atomic E-state index is -0.399. The third kappa shape index (κ3) is 3.27. The van der Waals surface area contributed by atoms with Crippen LogP contribution in [0.2, 0.25) is 5.02 Å². The fourth-order valence-electron chi connectivity index (χ4n) is 2.51. The van der Waals surface area contributed by atoms with Gasteiger partial charge in [-0.3, -0.25) is 4.79 Å². The van der Waals surface area contributed by atoms with Crippen molar-refractivity contribution >= 4 is 29.1 Å². The van der Waals surface area contributed by atoms with Crippen LogP contribution in [0.15, 0.2) is 18.2 Å². The van der Waals surface area contributed by atoms with Gasteiger partial charge in [0.2, 0.25) is 0 Å². The van der Waals surface area contributed by atoms with Gasteiger partial charge in [-0.05, 0) is 32.4 Å². The van der Waals surface area contributed by atoms with Crippen molar-refractivity contribution in [1.29, 1.82) is 0 Å². The number of hydrogen-bond acceptors (Lipinski definition) is 2. The zero-order valence-corrected chi connectivity index (χ0v) is 13.5. The number of amides is 1. The lowest BCUT2D eigenvalue weighted by Crippen LogP contribution is -2.55.